The third-order valence-corrected chi connectivity index (χ3v) is 2.68. The van der Waals surface area contributed by atoms with Gasteiger partial charge in [-0.15, -0.1) is 0 Å². The van der Waals surface area contributed by atoms with Crippen LogP contribution in [0.1, 0.15) is 35.5 Å². The van der Waals surface area contributed by atoms with E-state index >= 15 is 0 Å². The molecule has 0 fully saturated rings. The summed E-state index contributed by atoms with van der Waals surface area (Å²) in [7, 11) is 0. The number of rotatable bonds is 0. The molecule has 0 aromatic carbocycles. The van der Waals surface area contributed by atoms with E-state index in [1.807, 2.05) is 13.8 Å². The molecule has 0 radical (unpaired) electrons. The molecule has 0 bridgehead atoms. The maximum atomic E-state index is 8.82. The van der Waals surface area contributed by atoms with Crippen LogP contribution in [0.3, 0.4) is 0 Å². The fraction of sp³-hybridized carbons (Fsp3) is 0.500. The second-order valence-corrected chi connectivity index (χ2v) is 3.48. The molecule has 0 amide bonds. The van der Waals surface area contributed by atoms with Crippen molar-refractivity contribution in [2.45, 2.75) is 33.1 Å². The zero-order valence-corrected chi connectivity index (χ0v) is 7.92. The molecule has 0 atom stereocenters. The molecule has 1 aromatic heterocycles. The molecule has 70 valence electrons. The minimum atomic E-state index is 0.774. The predicted molar refractivity (Wildman–Crippen MR) is 49.4 cm³/mol. The van der Waals surface area contributed by atoms with Crippen LogP contribution in [-0.2, 0) is 6.42 Å². The van der Waals surface area contributed by atoms with E-state index in [0.717, 1.165) is 47.6 Å². The van der Waals surface area contributed by atoms with Gasteiger partial charge < -0.3 is 9.62 Å². The average molecular weight is 179 g/mol. The molecule has 0 aliphatic heterocycles. The van der Waals surface area contributed by atoms with Crippen molar-refractivity contribution in [3.63, 3.8) is 0 Å². The summed E-state index contributed by atoms with van der Waals surface area (Å²) in [5.74, 6) is 1.92. The van der Waals surface area contributed by atoms with E-state index in [0.29, 0.717) is 0 Å². The summed E-state index contributed by atoms with van der Waals surface area (Å²) in [4.78, 5) is 0. The minimum Gasteiger partial charge on any atom is -0.465 e. The molecule has 0 saturated carbocycles. The van der Waals surface area contributed by atoms with Crippen molar-refractivity contribution in [3.8, 4) is 0 Å². The van der Waals surface area contributed by atoms with Crippen LogP contribution in [0.15, 0.2) is 9.57 Å². The Kier molecular flexibility index (Phi) is 1.87. The lowest BCUT2D eigenvalue weighted by Crippen LogP contribution is -2.10. The van der Waals surface area contributed by atoms with E-state index in [1.165, 1.54) is 0 Å². The highest BCUT2D eigenvalue weighted by atomic mass is 16.4. The highest BCUT2D eigenvalue weighted by Crippen LogP contribution is 2.28. The van der Waals surface area contributed by atoms with Gasteiger partial charge in [0.15, 0.2) is 0 Å². The number of oxime groups is 1. The lowest BCUT2D eigenvalue weighted by atomic mass is 9.93. The first kappa shape index (κ1) is 8.35. The highest BCUT2D eigenvalue weighted by molar-refractivity contribution is 6.03. The van der Waals surface area contributed by atoms with Crippen LogP contribution in [0.25, 0.3) is 0 Å². The molecule has 1 heterocycles. The van der Waals surface area contributed by atoms with Gasteiger partial charge in [-0.1, -0.05) is 5.16 Å². The van der Waals surface area contributed by atoms with E-state index in [-0.39, 0.29) is 0 Å². The Bertz CT molecular complexity index is 363. The number of nitrogens with zero attached hydrogens (tertiary/aromatic N) is 1. The van der Waals surface area contributed by atoms with Crippen molar-refractivity contribution >= 4 is 5.71 Å². The van der Waals surface area contributed by atoms with Crippen molar-refractivity contribution in [2.75, 3.05) is 0 Å². The van der Waals surface area contributed by atoms with Crippen molar-refractivity contribution < 1.29 is 9.62 Å². The Labute approximate surface area is 77.1 Å². The quantitative estimate of drug-likeness (QED) is 0.491. The molecular weight excluding hydrogens is 166 g/mol. The van der Waals surface area contributed by atoms with Crippen molar-refractivity contribution in [2.24, 2.45) is 5.16 Å². The summed E-state index contributed by atoms with van der Waals surface area (Å²) in [6, 6.07) is 0. The largest absolute Gasteiger partial charge is 0.465 e. The standard InChI is InChI=1S/C10H13NO2/c1-6-7(2)13-9-5-3-4-8(11-12)10(6)9/h12H,3-5H2,1-2H3/b11-8-. The van der Waals surface area contributed by atoms with Gasteiger partial charge in [-0.25, -0.2) is 0 Å². The second kappa shape index (κ2) is 2.91. The molecule has 1 N–H and O–H groups in total. The smallest absolute Gasteiger partial charge is 0.113 e. The Balaban J connectivity index is 2.60. The predicted octanol–water partition coefficient (Wildman–Crippen LogP) is 2.41. The summed E-state index contributed by atoms with van der Waals surface area (Å²) in [5.41, 5.74) is 2.92. The van der Waals surface area contributed by atoms with Crippen LogP contribution in [0, 0.1) is 13.8 Å². The minimum absolute atomic E-state index is 0.774. The summed E-state index contributed by atoms with van der Waals surface area (Å²) in [6.07, 6.45) is 2.82. The molecule has 2 rings (SSSR count). The van der Waals surface area contributed by atoms with Crippen molar-refractivity contribution in [3.05, 3.63) is 22.6 Å². The maximum absolute atomic E-state index is 8.82. The van der Waals surface area contributed by atoms with Crippen LogP contribution < -0.4 is 0 Å². The van der Waals surface area contributed by atoms with Crippen LogP contribution in [0.4, 0.5) is 0 Å². The lowest BCUT2D eigenvalue weighted by Gasteiger charge is -2.11. The Morgan fingerprint density at radius 2 is 2.08 bits per heavy atom. The SMILES string of the molecule is Cc1oc2c(c1C)/C(=N\O)CCC2. The van der Waals surface area contributed by atoms with Gasteiger partial charge in [-0.2, -0.15) is 0 Å². The van der Waals surface area contributed by atoms with Crippen LogP contribution >= 0.6 is 0 Å². The number of hydrogen-bond donors (Lipinski definition) is 1. The van der Waals surface area contributed by atoms with Crippen molar-refractivity contribution in [1.82, 2.24) is 0 Å². The fourth-order valence-electron chi connectivity index (χ4n) is 1.89. The Hall–Kier alpha value is -1.25. The molecule has 3 heteroatoms. The van der Waals surface area contributed by atoms with E-state index in [2.05, 4.69) is 5.16 Å². The summed E-state index contributed by atoms with van der Waals surface area (Å²) in [6.45, 7) is 3.96. The first-order chi connectivity index (χ1) is 6.24. The first-order valence-electron chi connectivity index (χ1n) is 4.54. The van der Waals surface area contributed by atoms with E-state index in [9.17, 15) is 0 Å². The van der Waals surface area contributed by atoms with Gasteiger partial charge in [-0.3, -0.25) is 0 Å². The van der Waals surface area contributed by atoms with Gasteiger partial charge in [0.2, 0.25) is 0 Å². The topological polar surface area (TPSA) is 45.7 Å². The van der Waals surface area contributed by atoms with E-state index in [4.69, 9.17) is 9.62 Å². The maximum Gasteiger partial charge on any atom is 0.113 e. The van der Waals surface area contributed by atoms with Gasteiger partial charge in [-0.05, 0) is 32.3 Å². The molecular formula is C10H13NO2. The van der Waals surface area contributed by atoms with Gasteiger partial charge in [0, 0.05) is 12.0 Å². The summed E-state index contributed by atoms with van der Waals surface area (Å²) < 4.78 is 5.58. The van der Waals surface area contributed by atoms with Gasteiger partial charge >= 0.3 is 0 Å². The molecule has 3 nitrogen and oxygen atoms in total. The Morgan fingerprint density at radius 3 is 2.77 bits per heavy atom. The summed E-state index contributed by atoms with van der Waals surface area (Å²) >= 11 is 0. The molecule has 0 saturated heterocycles. The zero-order valence-electron chi connectivity index (χ0n) is 7.92. The Morgan fingerprint density at radius 1 is 1.31 bits per heavy atom. The van der Waals surface area contributed by atoms with E-state index in [1.54, 1.807) is 0 Å². The monoisotopic (exact) mass is 179 g/mol. The molecule has 0 spiro atoms. The number of hydrogen-bond acceptors (Lipinski definition) is 3. The van der Waals surface area contributed by atoms with Gasteiger partial charge in [0.1, 0.15) is 11.5 Å². The highest BCUT2D eigenvalue weighted by Gasteiger charge is 2.23. The van der Waals surface area contributed by atoms with Crippen molar-refractivity contribution in [1.29, 1.82) is 0 Å². The fourth-order valence-corrected chi connectivity index (χ4v) is 1.89. The first-order valence-corrected chi connectivity index (χ1v) is 4.54. The third-order valence-electron chi connectivity index (χ3n) is 2.68. The summed E-state index contributed by atoms with van der Waals surface area (Å²) in [5, 5.41) is 12.1. The molecule has 1 aliphatic carbocycles. The van der Waals surface area contributed by atoms with Crippen LogP contribution in [0.5, 0.6) is 0 Å². The molecule has 13 heavy (non-hydrogen) atoms. The number of aryl methyl sites for hydroxylation is 2. The number of furan rings is 1. The zero-order chi connectivity index (χ0) is 9.42. The lowest BCUT2D eigenvalue weighted by molar-refractivity contribution is 0.317. The third kappa shape index (κ3) is 1.15. The second-order valence-electron chi connectivity index (χ2n) is 3.48. The van der Waals surface area contributed by atoms with Gasteiger partial charge in [0.05, 0.1) is 5.71 Å². The molecule has 1 aliphatic rings. The molecule has 0 unspecified atom stereocenters. The van der Waals surface area contributed by atoms with Crippen LogP contribution in [-0.4, -0.2) is 10.9 Å². The van der Waals surface area contributed by atoms with Gasteiger partial charge in [0.25, 0.3) is 0 Å². The average Bonchev–Trinajstić information content (AvgIpc) is 2.43. The normalized spacial score (nSPS) is 19.1. The van der Waals surface area contributed by atoms with Crippen LogP contribution in [0.2, 0.25) is 0 Å². The number of fused-ring (bicyclic) bond motifs is 1. The van der Waals surface area contributed by atoms with E-state index < -0.39 is 0 Å². The molecule has 1 aromatic rings.